The normalized spacial score (nSPS) is 13.7. The van der Waals surface area contributed by atoms with E-state index in [1.54, 1.807) is 11.3 Å². The number of benzene rings is 1. The Morgan fingerprint density at radius 1 is 1.27 bits per heavy atom. The van der Waals surface area contributed by atoms with E-state index in [1.165, 1.54) is 23.4 Å². The van der Waals surface area contributed by atoms with Crippen LogP contribution in [0.2, 0.25) is 0 Å². The standard InChI is InChI=1S/C17H21N3OS/c1-18-11-10-12-6-2-3-7-13(12)16(21)20-17-19-14-8-4-5-9-15(14)22-17/h2-3,6-7,18H,4-5,8-11H2,1H3,(H,19,20,21). The molecule has 116 valence electrons. The zero-order valence-electron chi connectivity index (χ0n) is 12.8. The Balaban J connectivity index is 1.75. The fourth-order valence-electron chi connectivity index (χ4n) is 2.79. The van der Waals surface area contributed by atoms with Crippen molar-refractivity contribution in [1.29, 1.82) is 0 Å². The van der Waals surface area contributed by atoms with Crippen LogP contribution < -0.4 is 10.6 Å². The number of aryl methyl sites for hydroxylation is 2. The molecule has 1 aliphatic rings. The highest BCUT2D eigenvalue weighted by molar-refractivity contribution is 7.15. The average molecular weight is 315 g/mol. The first-order valence-electron chi connectivity index (χ1n) is 7.80. The molecule has 0 atom stereocenters. The third-order valence-electron chi connectivity index (χ3n) is 3.97. The van der Waals surface area contributed by atoms with E-state index in [4.69, 9.17) is 0 Å². The Morgan fingerprint density at radius 2 is 2.09 bits per heavy atom. The number of nitrogens with one attached hydrogen (secondary N) is 2. The second-order valence-electron chi connectivity index (χ2n) is 5.56. The van der Waals surface area contributed by atoms with Gasteiger partial charge >= 0.3 is 0 Å². The number of hydrogen-bond acceptors (Lipinski definition) is 4. The van der Waals surface area contributed by atoms with Crippen LogP contribution in [-0.2, 0) is 19.3 Å². The van der Waals surface area contributed by atoms with E-state index in [1.807, 2.05) is 31.3 Å². The van der Waals surface area contributed by atoms with Gasteiger partial charge < -0.3 is 5.32 Å². The quantitative estimate of drug-likeness (QED) is 0.892. The SMILES string of the molecule is CNCCc1ccccc1C(=O)Nc1nc2c(s1)CCCC2. The summed E-state index contributed by atoms with van der Waals surface area (Å²) in [4.78, 5) is 18.5. The predicted octanol–water partition coefficient (Wildman–Crippen LogP) is 3.04. The summed E-state index contributed by atoms with van der Waals surface area (Å²) in [6, 6.07) is 7.78. The number of rotatable bonds is 5. The molecule has 1 aromatic heterocycles. The molecule has 1 amide bonds. The largest absolute Gasteiger partial charge is 0.319 e. The van der Waals surface area contributed by atoms with Crippen molar-refractivity contribution in [3.05, 3.63) is 46.0 Å². The van der Waals surface area contributed by atoms with Crippen LogP contribution in [0.4, 0.5) is 5.13 Å². The Bertz CT molecular complexity index is 642. The third-order valence-corrected chi connectivity index (χ3v) is 5.05. The number of likely N-dealkylation sites (N-methyl/N-ethyl adjacent to an activating group) is 1. The minimum Gasteiger partial charge on any atom is -0.319 e. The number of carbonyl (C=O) groups is 1. The van der Waals surface area contributed by atoms with Gasteiger partial charge in [-0.05, 0) is 57.3 Å². The summed E-state index contributed by atoms with van der Waals surface area (Å²) in [5.74, 6) is -0.0576. The molecule has 0 saturated carbocycles. The van der Waals surface area contributed by atoms with Crippen molar-refractivity contribution in [2.45, 2.75) is 32.1 Å². The molecule has 4 nitrogen and oxygen atoms in total. The molecule has 0 bridgehead atoms. The summed E-state index contributed by atoms with van der Waals surface area (Å²) in [7, 11) is 1.92. The minimum atomic E-state index is -0.0576. The molecule has 2 aromatic rings. The van der Waals surface area contributed by atoms with E-state index in [-0.39, 0.29) is 5.91 Å². The molecule has 3 rings (SSSR count). The predicted molar refractivity (Wildman–Crippen MR) is 90.8 cm³/mol. The molecule has 0 fully saturated rings. The number of amides is 1. The van der Waals surface area contributed by atoms with Crippen LogP contribution >= 0.6 is 11.3 Å². The zero-order chi connectivity index (χ0) is 15.4. The van der Waals surface area contributed by atoms with E-state index >= 15 is 0 Å². The molecular weight excluding hydrogens is 294 g/mol. The van der Waals surface area contributed by atoms with E-state index in [0.717, 1.165) is 42.1 Å². The van der Waals surface area contributed by atoms with Gasteiger partial charge in [0.25, 0.3) is 5.91 Å². The molecule has 0 spiro atoms. The van der Waals surface area contributed by atoms with Crippen molar-refractivity contribution in [2.75, 3.05) is 18.9 Å². The van der Waals surface area contributed by atoms with Crippen LogP contribution in [0.1, 0.15) is 39.3 Å². The molecule has 1 aliphatic carbocycles. The molecule has 0 saturated heterocycles. The first-order chi connectivity index (χ1) is 10.8. The number of nitrogens with zero attached hydrogens (tertiary/aromatic N) is 1. The maximum absolute atomic E-state index is 12.5. The molecule has 0 aliphatic heterocycles. The van der Waals surface area contributed by atoms with Crippen LogP contribution in [0.15, 0.2) is 24.3 Å². The van der Waals surface area contributed by atoms with Gasteiger partial charge in [-0.15, -0.1) is 11.3 Å². The molecule has 22 heavy (non-hydrogen) atoms. The van der Waals surface area contributed by atoms with Crippen molar-refractivity contribution in [2.24, 2.45) is 0 Å². The molecule has 0 unspecified atom stereocenters. The average Bonchev–Trinajstić information content (AvgIpc) is 2.95. The fourth-order valence-corrected chi connectivity index (χ4v) is 3.83. The summed E-state index contributed by atoms with van der Waals surface area (Å²) < 4.78 is 0. The summed E-state index contributed by atoms with van der Waals surface area (Å²) in [6.45, 7) is 0.857. The third kappa shape index (κ3) is 3.36. The first-order valence-corrected chi connectivity index (χ1v) is 8.62. The van der Waals surface area contributed by atoms with Gasteiger partial charge in [0.15, 0.2) is 5.13 Å². The zero-order valence-corrected chi connectivity index (χ0v) is 13.6. The lowest BCUT2D eigenvalue weighted by atomic mass is 10.0. The van der Waals surface area contributed by atoms with Crippen molar-refractivity contribution >= 4 is 22.4 Å². The maximum Gasteiger partial charge on any atom is 0.257 e. The number of anilines is 1. The molecule has 1 aromatic carbocycles. The van der Waals surface area contributed by atoms with Gasteiger partial charge in [-0.1, -0.05) is 18.2 Å². The lowest BCUT2D eigenvalue weighted by molar-refractivity contribution is 0.102. The Labute approximate surface area is 135 Å². The number of fused-ring (bicyclic) bond motifs is 1. The van der Waals surface area contributed by atoms with Gasteiger partial charge in [0, 0.05) is 10.4 Å². The van der Waals surface area contributed by atoms with Gasteiger partial charge in [0.1, 0.15) is 0 Å². The second kappa shape index (κ2) is 7.03. The van der Waals surface area contributed by atoms with E-state index in [9.17, 15) is 4.79 Å². The molecule has 2 N–H and O–H groups in total. The molecular formula is C17H21N3OS. The smallest absolute Gasteiger partial charge is 0.257 e. The Hall–Kier alpha value is -1.72. The van der Waals surface area contributed by atoms with Crippen molar-refractivity contribution in [1.82, 2.24) is 10.3 Å². The van der Waals surface area contributed by atoms with Crippen LogP contribution in [0, 0.1) is 0 Å². The fraction of sp³-hybridized carbons (Fsp3) is 0.412. The summed E-state index contributed by atoms with van der Waals surface area (Å²) in [5.41, 5.74) is 2.98. The first kappa shape index (κ1) is 15.2. The van der Waals surface area contributed by atoms with Crippen molar-refractivity contribution < 1.29 is 4.79 Å². The Kier molecular flexibility index (Phi) is 4.85. The second-order valence-corrected chi connectivity index (χ2v) is 6.64. The van der Waals surface area contributed by atoms with Gasteiger partial charge in [-0.25, -0.2) is 4.98 Å². The van der Waals surface area contributed by atoms with E-state index in [2.05, 4.69) is 15.6 Å². The highest BCUT2D eigenvalue weighted by Crippen LogP contribution is 2.29. The topological polar surface area (TPSA) is 54.0 Å². The van der Waals surface area contributed by atoms with Gasteiger partial charge in [0.05, 0.1) is 5.69 Å². The van der Waals surface area contributed by atoms with Crippen LogP contribution in [0.25, 0.3) is 0 Å². The molecule has 0 radical (unpaired) electrons. The number of aromatic nitrogens is 1. The Morgan fingerprint density at radius 3 is 2.91 bits per heavy atom. The molecule has 1 heterocycles. The van der Waals surface area contributed by atoms with Gasteiger partial charge in [0.2, 0.25) is 0 Å². The lowest BCUT2D eigenvalue weighted by Gasteiger charge is -2.08. The van der Waals surface area contributed by atoms with Crippen LogP contribution in [-0.4, -0.2) is 24.5 Å². The summed E-state index contributed by atoms with van der Waals surface area (Å²) in [5, 5.41) is 6.84. The van der Waals surface area contributed by atoms with Crippen LogP contribution in [0.3, 0.4) is 0 Å². The van der Waals surface area contributed by atoms with Crippen molar-refractivity contribution in [3.8, 4) is 0 Å². The summed E-state index contributed by atoms with van der Waals surface area (Å²) in [6.07, 6.45) is 5.42. The highest BCUT2D eigenvalue weighted by Gasteiger charge is 2.17. The van der Waals surface area contributed by atoms with Gasteiger partial charge in [-0.2, -0.15) is 0 Å². The summed E-state index contributed by atoms with van der Waals surface area (Å²) >= 11 is 1.63. The van der Waals surface area contributed by atoms with Crippen molar-refractivity contribution in [3.63, 3.8) is 0 Å². The highest BCUT2D eigenvalue weighted by atomic mass is 32.1. The molecule has 5 heteroatoms. The monoisotopic (exact) mass is 315 g/mol. The minimum absolute atomic E-state index is 0.0576. The number of thiazole rings is 1. The maximum atomic E-state index is 12.5. The van der Waals surface area contributed by atoms with Crippen LogP contribution in [0.5, 0.6) is 0 Å². The van der Waals surface area contributed by atoms with Gasteiger partial charge in [-0.3, -0.25) is 10.1 Å². The number of carbonyl (C=O) groups excluding carboxylic acids is 1. The van der Waals surface area contributed by atoms with E-state index in [0.29, 0.717) is 0 Å². The number of hydrogen-bond donors (Lipinski definition) is 2. The van der Waals surface area contributed by atoms with E-state index < -0.39 is 0 Å². The lowest BCUT2D eigenvalue weighted by Crippen LogP contribution is -2.17.